The minimum Gasteiger partial charge on any atom is -0.465 e. The van der Waals surface area contributed by atoms with Gasteiger partial charge in [0.15, 0.2) is 0 Å². The van der Waals surface area contributed by atoms with Gasteiger partial charge < -0.3 is 15.1 Å². The van der Waals surface area contributed by atoms with E-state index in [0.29, 0.717) is 6.54 Å². The fourth-order valence-electron chi connectivity index (χ4n) is 2.83. The third kappa shape index (κ3) is 3.33. The van der Waals surface area contributed by atoms with Crippen LogP contribution >= 0.6 is 0 Å². The van der Waals surface area contributed by atoms with Gasteiger partial charge in [0.1, 0.15) is 11.5 Å². The Kier molecular flexibility index (Phi) is 4.24. The summed E-state index contributed by atoms with van der Waals surface area (Å²) in [4.78, 5) is 2.41. The zero-order valence-electron chi connectivity index (χ0n) is 11.0. The number of furan rings is 1. The highest BCUT2D eigenvalue weighted by molar-refractivity contribution is 5.20. The Hall–Kier alpha value is -0.800. The van der Waals surface area contributed by atoms with Gasteiger partial charge in [-0.05, 0) is 38.8 Å². The van der Waals surface area contributed by atoms with Gasteiger partial charge in [-0.15, -0.1) is 0 Å². The Bertz CT molecular complexity index is 353. The van der Waals surface area contributed by atoms with Crippen LogP contribution < -0.4 is 5.73 Å². The van der Waals surface area contributed by atoms with Crippen LogP contribution in [0, 0.1) is 12.8 Å². The largest absolute Gasteiger partial charge is 0.465 e. The molecule has 96 valence electrons. The van der Waals surface area contributed by atoms with Crippen LogP contribution in [0.5, 0.6) is 0 Å². The van der Waals surface area contributed by atoms with E-state index in [1.807, 2.05) is 6.92 Å². The maximum Gasteiger partial charge on any atom is 0.118 e. The summed E-state index contributed by atoms with van der Waals surface area (Å²) < 4.78 is 5.58. The SMILES string of the molecule is Cc1oc(CN)cc1CN(C)CC1CCCC1. The predicted octanol–water partition coefficient (Wildman–Crippen LogP) is 2.67. The van der Waals surface area contributed by atoms with E-state index in [1.165, 1.54) is 37.8 Å². The van der Waals surface area contributed by atoms with E-state index in [1.54, 1.807) is 0 Å². The van der Waals surface area contributed by atoms with E-state index >= 15 is 0 Å². The third-order valence-electron chi connectivity index (χ3n) is 3.76. The summed E-state index contributed by atoms with van der Waals surface area (Å²) in [7, 11) is 2.20. The molecule has 0 amide bonds. The monoisotopic (exact) mass is 236 g/mol. The minimum absolute atomic E-state index is 0.493. The van der Waals surface area contributed by atoms with Crippen LogP contribution in [0.4, 0.5) is 0 Å². The van der Waals surface area contributed by atoms with Crippen LogP contribution in [0.1, 0.15) is 42.8 Å². The second kappa shape index (κ2) is 5.69. The van der Waals surface area contributed by atoms with Crippen molar-refractivity contribution in [2.75, 3.05) is 13.6 Å². The molecule has 1 aliphatic carbocycles. The van der Waals surface area contributed by atoms with E-state index in [9.17, 15) is 0 Å². The molecule has 1 aromatic rings. The first-order valence-electron chi connectivity index (χ1n) is 6.66. The Balaban J connectivity index is 1.87. The lowest BCUT2D eigenvalue weighted by atomic mass is 10.1. The molecule has 0 spiro atoms. The van der Waals surface area contributed by atoms with Crippen LogP contribution in [-0.2, 0) is 13.1 Å². The zero-order chi connectivity index (χ0) is 12.3. The number of aryl methyl sites for hydroxylation is 1. The number of hydrogen-bond donors (Lipinski definition) is 1. The second-order valence-corrected chi connectivity index (χ2v) is 5.35. The molecule has 1 saturated carbocycles. The Labute approximate surface area is 104 Å². The maximum absolute atomic E-state index is 5.59. The molecular weight excluding hydrogens is 212 g/mol. The van der Waals surface area contributed by atoms with Gasteiger partial charge in [-0.25, -0.2) is 0 Å². The van der Waals surface area contributed by atoms with Gasteiger partial charge in [0.05, 0.1) is 6.54 Å². The Morgan fingerprint density at radius 3 is 2.71 bits per heavy atom. The molecule has 0 saturated heterocycles. The molecule has 0 bridgehead atoms. The summed E-state index contributed by atoms with van der Waals surface area (Å²) in [6.45, 7) is 4.71. The van der Waals surface area contributed by atoms with Gasteiger partial charge >= 0.3 is 0 Å². The van der Waals surface area contributed by atoms with E-state index < -0.39 is 0 Å². The van der Waals surface area contributed by atoms with Crippen LogP contribution in [0.3, 0.4) is 0 Å². The van der Waals surface area contributed by atoms with Crippen LogP contribution in [0.15, 0.2) is 10.5 Å². The van der Waals surface area contributed by atoms with E-state index in [4.69, 9.17) is 10.2 Å². The molecule has 3 nitrogen and oxygen atoms in total. The molecule has 1 aliphatic rings. The fraction of sp³-hybridized carbons (Fsp3) is 0.714. The average Bonchev–Trinajstić information content (AvgIpc) is 2.89. The minimum atomic E-state index is 0.493. The van der Waals surface area contributed by atoms with Crippen molar-refractivity contribution in [3.8, 4) is 0 Å². The molecule has 1 heterocycles. The van der Waals surface area contributed by atoms with Gasteiger partial charge in [0.2, 0.25) is 0 Å². The van der Waals surface area contributed by atoms with Gasteiger partial charge in [-0.1, -0.05) is 12.8 Å². The summed E-state index contributed by atoms with van der Waals surface area (Å²) in [5, 5.41) is 0. The standard InChI is InChI=1S/C14H24N2O/c1-11-13(7-14(8-15)17-11)10-16(2)9-12-5-3-4-6-12/h7,12H,3-6,8-10,15H2,1-2H3. The lowest BCUT2D eigenvalue weighted by molar-refractivity contribution is 0.269. The van der Waals surface area contributed by atoms with Crippen LogP contribution in [-0.4, -0.2) is 18.5 Å². The van der Waals surface area contributed by atoms with E-state index in [0.717, 1.165) is 24.0 Å². The topological polar surface area (TPSA) is 42.4 Å². The number of nitrogens with two attached hydrogens (primary N) is 1. The molecule has 2 rings (SSSR count). The average molecular weight is 236 g/mol. The number of nitrogens with zero attached hydrogens (tertiary/aromatic N) is 1. The zero-order valence-corrected chi connectivity index (χ0v) is 11.0. The number of hydrogen-bond acceptors (Lipinski definition) is 3. The van der Waals surface area contributed by atoms with Gasteiger partial charge in [0.25, 0.3) is 0 Å². The first kappa shape index (κ1) is 12.7. The van der Waals surface area contributed by atoms with Gasteiger partial charge in [0, 0.05) is 18.7 Å². The number of rotatable bonds is 5. The van der Waals surface area contributed by atoms with Crippen molar-refractivity contribution in [1.82, 2.24) is 4.90 Å². The van der Waals surface area contributed by atoms with Crippen molar-refractivity contribution in [3.05, 3.63) is 23.2 Å². The van der Waals surface area contributed by atoms with Crippen molar-refractivity contribution < 1.29 is 4.42 Å². The molecule has 2 N–H and O–H groups in total. The highest BCUT2D eigenvalue weighted by Gasteiger charge is 2.17. The molecule has 3 heteroatoms. The molecule has 0 atom stereocenters. The first-order chi connectivity index (χ1) is 8.19. The van der Waals surface area contributed by atoms with Crippen molar-refractivity contribution >= 4 is 0 Å². The fourth-order valence-corrected chi connectivity index (χ4v) is 2.83. The molecule has 0 aliphatic heterocycles. The van der Waals surface area contributed by atoms with E-state index in [2.05, 4.69) is 18.0 Å². The Morgan fingerprint density at radius 1 is 1.41 bits per heavy atom. The molecule has 0 aromatic carbocycles. The molecule has 17 heavy (non-hydrogen) atoms. The summed E-state index contributed by atoms with van der Waals surface area (Å²) in [5.74, 6) is 2.82. The summed E-state index contributed by atoms with van der Waals surface area (Å²) in [6, 6.07) is 2.10. The van der Waals surface area contributed by atoms with Gasteiger partial charge in [-0.2, -0.15) is 0 Å². The highest BCUT2D eigenvalue weighted by atomic mass is 16.3. The van der Waals surface area contributed by atoms with Crippen LogP contribution in [0.25, 0.3) is 0 Å². The van der Waals surface area contributed by atoms with Crippen molar-refractivity contribution in [1.29, 1.82) is 0 Å². The quantitative estimate of drug-likeness (QED) is 0.854. The van der Waals surface area contributed by atoms with Gasteiger partial charge in [-0.3, -0.25) is 0 Å². The highest BCUT2D eigenvalue weighted by Crippen LogP contribution is 2.26. The molecule has 0 radical (unpaired) electrons. The normalized spacial score (nSPS) is 17.2. The smallest absolute Gasteiger partial charge is 0.118 e. The Morgan fingerprint density at radius 2 is 2.12 bits per heavy atom. The first-order valence-corrected chi connectivity index (χ1v) is 6.66. The van der Waals surface area contributed by atoms with Crippen molar-refractivity contribution in [2.24, 2.45) is 11.7 Å². The van der Waals surface area contributed by atoms with Crippen LogP contribution in [0.2, 0.25) is 0 Å². The second-order valence-electron chi connectivity index (χ2n) is 5.35. The molecule has 0 unspecified atom stereocenters. The molecular formula is C14H24N2O. The lowest BCUT2D eigenvalue weighted by Gasteiger charge is -2.20. The summed E-state index contributed by atoms with van der Waals surface area (Å²) in [5.41, 5.74) is 6.87. The van der Waals surface area contributed by atoms with E-state index in [-0.39, 0.29) is 0 Å². The van der Waals surface area contributed by atoms with Crippen molar-refractivity contribution in [3.63, 3.8) is 0 Å². The predicted molar refractivity (Wildman–Crippen MR) is 69.6 cm³/mol. The van der Waals surface area contributed by atoms with Crippen molar-refractivity contribution in [2.45, 2.75) is 45.7 Å². The lowest BCUT2D eigenvalue weighted by Crippen LogP contribution is -2.24. The summed E-state index contributed by atoms with van der Waals surface area (Å²) >= 11 is 0. The molecule has 1 aromatic heterocycles. The third-order valence-corrected chi connectivity index (χ3v) is 3.76. The molecule has 1 fully saturated rings. The maximum atomic E-state index is 5.59. The summed E-state index contributed by atoms with van der Waals surface area (Å²) in [6.07, 6.45) is 5.65.